The van der Waals surface area contributed by atoms with Crippen LogP contribution < -0.4 is 5.32 Å². The van der Waals surface area contributed by atoms with Crippen molar-refractivity contribution in [1.29, 1.82) is 0 Å². The predicted molar refractivity (Wildman–Crippen MR) is 58.0 cm³/mol. The van der Waals surface area contributed by atoms with Gasteiger partial charge in [-0.1, -0.05) is 13.8 Å². The van der Waals surface area contributed by atoms with Gasteiger partial charge in [-0.05, 0) is 48.1 Å². The molecule has 0 unspecified atom stereocenters. The minimum absolute atomic E-state index is 0.106. The first-order valence-corrected chi connectivity index (χ1v) is 5.26. The Hall–Kier alpha value is -0.280. The monoisotopic (exact) mass is 245 g/mol. The van der Waals surface area contributed by atoms with Crippen molar-refractivity contribution in [2.45, 2.75) is 25.7 Å². The average Bonchev–Trinajstić information content (AvgIpc) is 2.49. The number of halogens is 1. The first-order valence-electron chi connectivity index (χ1n) is 4.47. The van der Waals surface area contributed by atoms with E-state index < -0.39 is 0 Å². The van der Waals surface area contributed by atoms with E-state index in [4.69, 9.17) is 4.42 Å². The molecular formula is C10H16BrNO. The topological polar surface area (TPSA) is 25.2 Å². The number of rotatable bonds is 4. The average molecular weight is 246 g/mol. The first kappa shape index (κ1) is 10.8. The first-order chi connectivity index (χ1) is 6.06. The van der Waals surface area contributed by atoms with Crippen LogP contribution in [0.1, 0.15) is 26.0 Å². The molecule has 0 saturated carbocycles. The zero-order valence-corrected chi connectivity index (χ0v) is 9.94. The summed E-state index contributed by atoms with van der Waals surface area (Å²) < 4.78 is 6.34. The van der Waals surface area contributed by atoms with Crippen molar-refractivity contribution in [3.05, 3.63) is 22.6 Å². The van der Waals surface area contributed by atoms with Gasteiger partial charge in [-0.15, -0.1) is 0 Å². The summed E-state index contributed by atoms with van der Waals surface area (Å²) in [6, 6.07) is 3.97. The number of hydrogen-bond acceptors (Lipinski definition) is 2. The maximum absolute atomic E-state index is 5.53. The van der Waals surface area contributed by atoms with Crippen molar-refractivity contribution >= 4 is 15.9 Å². The van der Waals surface area contributed by atoms with Crippen LogP contribution in [0.4, 0.5) is 0 Å². The molecule has 0 spiro atoms. The lowest BCUT2D eigenvalue weighted by Crippen LogP contribution is -2.22. The maximum Gasteiger partial charge on any atom is 0.169 e. The van der Waals surface area contributed by atoms with Gasteiger partial charge in [0.1, 0.15) is 5.76 Å². The van der Waals surface area contributed by atoms with E-state index in [1.54, 1.807) is 0 Å². The van der Waals surface area contributed by atoms with Crippen molar-refractivity contribution < 1.29 is 4.42 Å². The summed E-state index contributed by atoms with van der Waals surface area (Å²) in [5, 5.41) is 3.15. The fourth-order valence-corrected chi connectivity index (χ4v) is 1.55. The summed E-state index contributed by atoms with van der Waals surface area (Å²) in [6.07, 6.45) is 1.07. The molecule has 1 N–H and O–H groups in total. The molecule has 0 atom stereocenters. The Morgan fingerprint density at radius 2 is 2.15 bits per heavy atom. The highest BCUT2D eigenvalue weighted by atomic mass is 79.9. The van der Waals surface area contributed by atoms with E-state index in [2.05, 4.69) is 35.1 Å². The molecule has 0 aliphatic heterocycles. The molecule has 0 aromatic carbocycles. The SMILES string of the molecule is CNCCC(C)(C)c1ccc(Br)o1. The van der Waals surface area contributed by atoms with Gasteiger partial charge in [0.25, 0.3) is 0 Å². The van der Waals surface area contributed by atoms with Crippen LogP contribution in [-0.4, -0.2) is 13.6 Å². The standard InChI is InChI=1S/C10H16BrNO/c1-10(2,6-7-12-3)8-4-5-9(11)13-8/h4-5,12H,6-7H2,1-3H3. The van der Waals surface area contributed by atoms with Gasteiger partial charge in [-0.25, -0.2) is 0 Å². The van der Waals surface area contributed by atoms with Gasteiger partial charge >= 0.3 is 0 Å². The van der Waals surface area contributed by atoms with Crippen LogP contribution in [0.3, 0.4) is 0 Å². The van der Waals surface area contributed by atoms with E-state index in [9.17, 15) is 0 Å². The molecule has 2 nitrogen and oxygen atoms in total. The highest BCUT2D eigenvalue weighted by Crippen LogP contribution is 2.29. The number of hydrogen-bond donors (Lipinski definition) is 1. The zero-order valence-electron chi connectivity index (χ0n) is 8.36. The van der Waals surface area contributed by atoms with Crippen LogP contribution in [0, 0.1) is 0 Å². The zero-order chi connectivity index (χ0) is 9.90. The molecule has 0 bridgehead atoms. The molecule has 1 aromatic rings. The second-order valence-corrected chi connectivity index (χ2v) is 4.62. The van der Waals surface area contributed by atoms with Gasteiger partial charge in [-0.2, -0.15) is 0 Å². The van der Waals surface area contributed by atoms with Crippen LogP contribution in [0.2, 0.25) is 0 Å². The lowest BCUT2D eigenvalue weighted by atomic mass is 9.86. The highest BCUT2D eigenvalue weighted by Gasteiger charge is 2.23. The van der Waals surface area contributed by atoms with E-state index in [1.807, 2.05) is 19.2 Å². The largest absolute Gasteiger partial charge is 0.454 e. The summed E-state index contributed by atoms with van der Waals surface area (Å²) in [6.45, 7) is 5.39. The molecule has 0 saturated heterocycles. The van der Waals surface area contributed by atoms with Crippen molar-refractivity contribution in [3.63, 3.8) is 0 Å². The highest BCUT2D eigenvalue weighted by molar-refractivity contribution is 9.10. The van der Waals surface area contributed by atoms with E-state index in [-0.39, 0.29) is 5.41 Å². The van der Waals surface area contributed by atoms with Crippen LogP contribution in [0.5, 0.6) is 0 Å². The van der Waals surface area contributed by atoms with Crippen LogP contribution >= 0.6 is 15.9 Å². The third-order valence-electron chi connectivity index (χ3n) is 2.24. The molecule has 3 heteroatoms. The van der Waals surface area contributed by atoms with Gasteiger partial charge < -0.3 is 9.73 Å². The Balaban J connectivity index is 2.68. The minimum Gasteiger partial charge on any atom is -0.454 e. The molecule has 0 amide bonds. The molecule has 13 heavy (non-hydrogen) atoms. The summed E-state index contributed by atoms with van der Waals surface area (Å²) in [5.41, 5.74) is 0.106. The Labute approximate surface area is 87.8 Å². The van der Waals surface area contributed by atoms with Gasteiger partial charge in [0.2, 0.25) is 0 Å². The van der Waals surface area contributed by atoms with Gasteiger partial charge in [-0.3, -0.25) is 0 Å². The molecule has 74 valence electrons. The summed E-state index contributed by atoms with van der Waals surface area (Å²) >= 11 is 3.31. The number of nitrogens with one attached hydrogen (secondary N) is 1. The van der Waals surface area contributed by atoms with Crippen LogP contribution in [0.15, 0.2) is 21.2 Å². The smallest absolute Gasteiger partial charge is 0.169 e. The maximum atomic E-state index is 5.53. The van der Waals surface area contributed by atoms with Crippen molar-refractivity contribution in [2.75, 3.05) is 13.6 Å². The summed E-state index contributed by atoms with van der Waals surface area (Å²) in [5.74, 6) is 1.04. The molecule has 0 aliphatic rings. The van der Waals surface area contributed by atoms with Gasteiger partial charge in [0, 0.05) is 5.41 Å². The molecule has 0 aliphatic carbocycles. The summed E-state index contributed by atoms with van der Waals surface area (Å²) in [7, 11) is 1.97. The molecule has 0 radical (unpaired) electrons. The number of furan rings is 1. The lowest BCUT2D eigenvalue weighted by Gasteiger charge is -2.21. The third kappa shape index (κ3) is 2.85. The van der Waals surface area contributed by atoms with Crippen LogP contribution in [0.25, 0.3) is 0 Å². The van der Waals surface area contributed by atoms with Crippen LogP contribution in [-0.2, 0) is 5.41 Å². The predicted octanol–water partition coefficient (Wildman–Crippen LogP) is 2.93. The Kier molecular flexibility index (Phi) is 3.56. The Morgan fingerprint density at radius 3 is 2.62 bits per heavy atom. The Morgan fingerprint density at radius 1 is 1.46 bits per heavy atom. The molecule has 0 fully saturated rings. The Bertz CT molecular complexity index is 268. The fraction of sp³-hybridized carbons (Fsp3) is 0.600. The van der Waals surface area contributed by atoms with Gasteiger partial charge in [0.15, 0.2) is 4.67 Å². The lowest BCUT2D eigenvalue weighted by molar-refractivity contribution is 0.353. The summed E-state index contributed by atoms with van der Waals surface area (Å²) in [4.78, 5) is 0. The minimum atomic E-state index is 0.106. The van der Waals surface area contributed by atoms with E-state index >= 15 is 0 Å². The second kappa shape index (κ2) is 4.29. The van der Waals surface area contributed by atoms with Crippen molar-refractivity contribution in [2.24, 2.45) is 0 Å². The molecule has 1 aromatic heterocycles. The van der Waals surface area contributed by atoms with E-state index in [0.717, 1.165) is 23.4 Å². The van der Waals surface area contributed by atoms with Gasteiger partial charge in [0.05, 0.1) is 0 Å². The van der Waals surface area contributed by atoms with E-state index in [0.29, 0.717) is 0 Å². The van der Waals surface area contributed by atoms with Crippen molar-refractivity contribution in [1.82, 2.24) is 5.32 Å². The molecule has 1 heterocycles. The molecule has 1 rings (SSSR count). The molecular weight excluding hydrogens is 230 g/mol. The fourth-order valence-electron chi connectivity index (χ4n) is 1.24. The van der Waals surface area contributed by atoms with Crippen molar-refractivity contribution in [3.8, 4) is 0 Å². The quantitative estimate of drug-likeness (QED) is 0.883. The normalized spacial score (nSPS) is 12.0. The van der Waals surface area contributed by atoms with E-state index in [1.165, 1.54) is 0 Å². The third-order valence-corrected chi connectivity index (χ3v) is 2.67. The second-order valence-electron chi connectivity index (χ2n) is 3.84.